The molecule has 3 rings (SSSR count). The predicted molar refractivity (Wildman–Crippen MR) is 89.8 cm³/mol. The number of benzene rings is 2. The number of rotatable bonds is 4. The van der Waals surface area contributed by atoms with Crippen LogP contribution in [0.2, 0.25) is 0 Å². The van der Waals surface area contributed by atoms with E-state index < -0.39 is 0 Å². The van der Waals surface area contributed by atoms with Crippen molar-refractivity contribution in [2.24, 2.45) is 0 Å². The number of halogens is 1. The van der Waals surface area contributed by atoms with Gasteiger partial charge in [-0.05, 0) is 54.2 Å². The van der Waals surface area contributed by atoms with Gasteiger partial charge in [0, 0.05) is 17.1 Å². The summed E-state index contributed by atoms with van der Waals surface area (Å²) in [5.74, 6) is 0.906. The number of hydrogen-bond donors (Lipinski definition) is 1. The summed E-state index contributed by atoms with van der Waals surface area (Å²) < 4.78 is 6.43. The van der Waals surface area contributed by atoms with Crippen LogP contribution in [0.5, 0.6) is 5.75 Å². The summed E-state index contributed by atoms with van der Waals surface area (Å²) in [6, 6.07) is 15.5. The Balaban J connectivity index is 1.64. The Bertz CT molecular complexity index is 626. The monoisotopic (exact) mass is 345 g/mol. The molecule has 0 saturated heterocycles. The second-order valence-corrected chi connectivity index (χ2v) is 6.40. The van der Waals surface area contributed by atoms with Crippen LogP contribution in [0.15, 0.2) is 46.9 Å². The van der Waals surface area contributed by atoms with E-state index in [0.29, 0.717) is 6.04 Å². The molecule has 2 aromatic carbocycles. The Morgan fingerprint density at radius 3 is 2.81 bits per heavy atom. The number of hydrogen-bond acceptors (Lipinski definition) is 2. The van der Waals surface area contributed by atoms with Crippen molar-refractivity contribution in [3.05, 3.63) is 63.6 Å². The molecule has 110 valence electrons. The first-order chi connectivity index (χ1) is 10.3. The summed E-state index contributed by atoms with van der Waals surface area (Å²) in [5.41, 5.74) is 4.25. The maximum atomic E-state index is 5.30. The lowest BCUT2D eigenvalue weighted by atomic mass is 9.88. The molecule has 0 heterocycles. The molecule has 21 heavy (non-hydrogen) atoms. The van der Waals surface area contributed by atoms with Crippen LogP contribution >= 0.6 is 15.9 Å². The van der Waals surface area contributed by atoms with Gasteiger partial charge in [0.05, 0.1) is 7.11 Å². The average molecular weight is 346 g/mol. The first kappa shape index (κ1) is 14.6. The van der Waals surface area contributed by atoms with Crippen LogP contribution in [-0.2, 0) is 19.4 Å². The quantitative estimate of drug-likeness (QED) is 0.900. The van der Waals surface area contributed by atoms with Gasteiger partial charge in [-0.2, -0.15) is 0 Å². The van der Waals surface area contributed by atoms with Gasteiger partial charge in [0.25, 0.3) is 0 Å². The summed E-state index contributed by atoms with van der Waals surface area (Å²) in [5, 5.41) is 3.69. The van der Waals surface area contributed by atoms with E-state index >= 15 is 0 Å². The van der Waals surface area contributed by atoms with Gasteiger partial charge >= 0.3 is 0 Å². The molecule has 0 aromatic heterocycles. The number of methoxy groups -OCH3 is 1. The van der Waals surface area contributed by atoms with Crippen LogP contribution in [0, 0.1) is 0 Å². The zero-order valence-corrected chi connectivity index (χ0v) is 13.8. The number of nitrogens with one attached hydrogen (secondary N) is 1. The first-order valence-corrected chi connectivity index (χ1v) is 8.18. The van der Waals surface area contributed by atoms with Crippen molar-refractivity contribution in [3.8, 4) is 5.75 Å². The summed E-state index contributed by atoms with van der Waals surface area (Å²) in [6.45, 7) is 0.866. The van der Waals surface area contributed by atoms with Gasteiger partial charge < -0.3 is 10.1 Å². The Hall–Kier alpha value is -1.32. The van der Waals surface area contributed by atoms with Crippen LogP contribution in [0.25, 0.3) is 0 Å². The SMILES string of the molecule is COc1ccc(Br)c(CNC2CCc3ccccc3C2)c1. The second-order valence-electron chi connectivity index (χ2n) is 5.55. The van der Waals surface area contributed by atoms with Crippen molar-refractivity contribution in [2.45, 2.75) is 31.8 Å². The molecule has 1 aliphatic rings. The summed E-state index contributed by atoms with van der Waals surface area (Å²) >= 11 is 3.61. The highest BCUT2D eigenvalue weighted by Gasteiger charge is 2.17. The van der Waals surface area contributed by atoms with Crippen molar-refractivity contribution < 1.29 is 4.74 Å². The fraction of sp³-hybridized carbons (Fsp3) is 0.333. The Morgan fingerprint density at radius 1 is 1.19 bits per heavy atom. The molecular formula is C18H20BrNO. The number of aryl methyl sites for hydroxylation is 1. The molecule has 1 N–H and O–H groups in total. The summed E-state index contributed by atoms with van der Waals surface area (Å²) in [6.07, 6.45) is 3.50. The molecule has 0 aliphatic heterocycles. The predicted octanol–water partition coefficient (Wildman–Crippen LogP) is 4.10. The van der Waals surface area contributed by atoms with E-state index in [1.807, 2.05) is 12.1 Å². The van der Waals surface area contributed by atoms with Crippen LogP contribution in [0.4, 0.5) is 0 Å². The Labute approximate surface area is 134 Å². The maximum absolute atomic E-state index is 5.30. The highest BCUT2D eigenvalue weighted by molar-refractivity contribution is 9.10. The molecule has 0 saturated carbocycles. The molecule has 2 nitrogen and oxygen atoms in total. The molecule has 1 aliphatic carbocycles. The summed E-state index contributed by atoms with van der Waals surface area (Å²) in [7, 11) is 1.71. The highest BCUT2D eigenvalue weighted by Crippen LogP contribution is 2.24. The van der Waals surface area contributed by atoms with Crippen molar-refractivity contribution in [1.29, 1.82) is 0 Å². The lowest BCUT2D eigenvalue weighted by Gasteiger charge is -2.25. The second kappa shape index (κ2) is 6.63. The molecule has 3 heteroatoms. The zero-order chi connectivity index (χ0) is 14.7. The van der Waals surface area contributed by atoms with Crippen LogP contribution in [0.3, 0.4) is 0 Å². The van der Waals surface area contributed by atoms with Crippen molar-refractivity contribution in [2.75, 3.05) is 7.11 Å². The lowest BCUT2D eigenvalue weighted by Crippen LogP contribution is -2.34. The van der Waals surface area contributed by atoms with Crippen LogP contribution in [-0.4, -0.2) is 13.2 Å². The van der Waals surface area contributed by atoms with Gasteiger partial charge in [-0.3, -0.25) is 0 Å². The molecular weight excluding hydrogens is 326 g/mol. The molecule has 0 amide bonds. The lowest BCUT2D eigenvalue weighted by molar-refractivity contribution is 0.413. The van der Waals surface area contributed by atoms with E-state index in [-0.39, 0.29) is 0 Å². The molecule has 0 fully saturated rings. The van der Waals surface area contributed by atoms with E-state index in [4.69, 9.17) is 4.74 Å². The van der Waals surface area contributed by atoms with E-state index in [9.17, 15) is 0 Å². The minimum atomic E-state index is 0.554. The fourth-order valence-corrected chi connectivity index (χ4v) is 3.33. The third kappa shape index (κ3) is 3.47. The average Bonchev–Trinajstić information content (AvgIpc) is 2.54. The highest BCUT2D eigenvalue weighted by atomic mass is 79.9. The minimum absolute atomic E-state index is 0.554. The van der Waals surface area contributed by atoms with E-state index in [1.54, 1.807) is 7.11 Å². The summed E-state index contributed by atoms with van der Waals surface area (Å²) in [4.78, 5) is 0. The molecule has 1 atom stereocenters. The number of fused-ring (bicyclic) bond motifs is 1. The smallest absolute Gasteiger partial charge is 0.119 e. The molecule has 0 spiro atoms. The Kier molecular flexibility index (Phi) is 4.61. The largest absolute Gasteiger partial charge is 0.497 e. The molecule has 0 radical (unpaired) electrons. The van der Waals surface area contributed by atoms with Gasteiger partial charge in [0.1, 0.15) is 5.75 Å². The van der Waals surface area contributed by atoms with Gasteiger partial charge in [-0.1, -0.05) is 40.2 Å². The molecule has 0 bridgehead atoms. The van der Waals surface area contributed by atoms with E-state index in [1.165, 1.54) is 29.5 Å². The van der Waals surface area contributed by atoms with Crippen LogP contribution in [0.1, 0.15) is 23.1 Å². The topological polar surface area (TPSA) is 21.3 Å². The van der Waals surface area contributed by atoms with E-state index in [0.717, 1.165) is 23.2 Å². The Morgan fingerprint density at radius 2 is 2.00 bits per heavy atom. The molecule has 2 aromatic rings. The fourth-order valence-electron chi connectivity index (χ4n) is 2.94. The maximum Gasteiger partial charge on any atom is 0.119 e. The third-order valence-corrected chi connectivity index (χ3v) is 4.95. The standard InChI is InChI=1S/C18H20BrNO/c1-21-17-8-9-18(19)15(11-17)12-20-16-7-6-13-4-2-3-5-14(13)10-16/h2-5,8-9,11,16,20H,6-7,10,12H2,1H3. The van der Waals surface area contributed by atoms with Gasteiger partial charge in [0.15, 0.2) is 0 Å². The molecule has 1 unspecified atom stereocenters. The zero-order valence-electron chi connectivity index (χ0n) is 12.2. The van der Waals surface area contributed by atoms with Crippen molar-refractivity contribution in [1.82, 2.24) is 5.32 Å². The van der Waals surface area contributed by atoms with Crippen molar-refractivity contribution >= 4 is 15.9 Å². The third-order valence-electron chi connectivity index (χ3n) is 4.18. The number of ether oxygens (including phenoxy) is 1. The van der Waals surface area contributed by atoms with Gasteiger partial charge in [0.2, 0.25) is 0 Å². The van der Waals surface area contributed by atoms with Gasteiger partial charge in [-0.15, -0.1) is 0 Å². The minimum Gasteiger partial charge on any atom is -0.497 e. The van der Waals surface area contributed by atoms with Crippen molar-refractivity contribution in [3.63, 3.8) is 0 Å². The normalized spacial score (nSPS) is 17.3. The van der Waals surface area contributed by atoms with E-state index in [2.05, 4.69) is 51.6 Å². The van der Waals surface area contributed by atoms with Gasteiger partial charge in [-0.25, -0.2) is 0 Å². The first-order valence-electron chi connectivity index (χ1n) is 7.39. The van der Waals surface area contributed by atoms with Crippen LogP contribution < -0.4 is 10.1 Å².